The van der Waals surface area contributed by atoms with Crippen molar-refractivity contribution in [3.63, 3.8) is 0 Å². The van der Waals surface area contributed by atoms with Gasteiger partial charge in [0.05, 0.1) is 0 Å². The molecule has 0 unspecified atom stereocenters. The number of aryl methyl sites for hydroxylation is 1. The van der Waals surface area contributed by atoms with Crippen LogP contribution in [0.25, 0.3) is 0 Å². The average molecular weight is 276 g/mol. The third-order valence-corrected chi connectivity index (χ3v) is 2.33. The first kappa shape index (κ1) is 20.7. The van der Waals surface area contributed by atoms with E-state index in [2.05, 4.69) is 31.2 Å². The molecule has 0 fully saturated rings. The van der Waals surface area contributed by atoms with Crippen molar-refractivity contribution in [2.75, 3.05) is 13.2 Å². The molecule has 0 aliphatic carbocycles. The SMILES string of the molecule is CCOCC.CCc1ccccc1.O.c1ccccc1. The lowest BCUT2D eigenvalue weighted by atomic mass is 10.2. The van der Waals surface area contributed by atoms with Crippen molar-refractivity contribution in [3.8, 4) is 0 Å². The zero-order valence-corrected chi connectivity index (χ0v) is 12.9. The van der Waals surface area contributed by atoms with Crippen molar-refractivity contribution in [2.45, 2.75) is 27.2 Å². The van der Waals surface area contributed by atoms with Gasteiger partial charge in [-0.1, -0.05) is 73.7 Å². The molecule has 0 heterocycles. The molecule has 0 aliphatic rings. The molecule has 0 aliphatic heterocycles. The second-order valence-electron chi connectivity index (χ2n) is 3.78. The van der Waals surface area contributed by atoms with Crippen LogP contribution in [0.4, 0.5) is 0 Å². The molecule has 0 amide bonds. The lowest BCUT2D eigenvalue weighted by Gasteiger charge is -1.89. The van der Waals surface area contributed by atoms with Crippen LogP contribution in [-0.2, 0) is 11.2 Å². The summed E-state index contributed by atoms with van der Waals surface area (Å²) in [5, 5.41) is 0. The molecule has 0 bridgehead atoms. The van der Waals surface area contributed by atoms with E-state index < -0.39 is 0 Å². The average Bonchev–Trinajstić information content (AvgIpc) is 2.52. The molecule has 0 atom stereocenters. The zero-order valence-electron chi connectivity index (χ0n) is 12.9. The molecular formula is C18H28O2. The van der Waals surface area contributed by atoms with Crippen LogP contribution in [-0.4, -0.2) is 18.7 Å². The largest absolute Gasteiger partial charge is 0.412 e. The van der Waals surface area contributed by atoms with Crippen LogP contribution in [0.3, 0.4) is 0 Å². The van der Waals surface area contributed by atoms with Gasteiger partial charge in [0.1, 0.15) is 0 Å². The summed E-state index contributed by atoms with van der Waals surface area (Å²) in [7, 11) is 0. The summed E-state index contributed by atoms with van der Waals surface area (Å²) < 4.78 is 4.83. The summed E-state index contributed by atoms with van der Waals surface area (Å²) >= 11 is 0. The van der Waals surface area contributed by atoms with Crippen LogP contribution in [0.5, 0.6) is 0 Å². The van der Waals surface area contributed by atoms with Gasteiger partial charge in [-0.15, -0.1) is 0 Å². The number of hydrogen-bond acceptors (Lipinski definition) is 1. The van der Waals surface area contributed by atoms with E-state index in [0.29, 0.717) is 0 Å². The van der Waals surface area contributed by atoms with Crippen molar-refractivity contribution in [2.24, 2.45) is 0 Å². The standard InChI is InChI=1S/C8H10.C6H6.C4H10O.H2O/c1-2-8-6-4-3-5-7-8;1-2-4-6-5-3-1;1-3-5-4-2;/h3-7H,2H2,1H3;1-6H;3-4H2,1-2H3;1H2. The fourth-order valence-corrected chi connectivity index (χ4v) is 1.30. The third kappa shape index (κ3) is 14.4. The lowest BCUT2D eigenvalue weighted by molar-refractivity contribution is 0.162. The number of hydrogen-bond donors (Lipinski definition) is 0. The molecule has 2 heteroatoms. The summed E-state index contributed by atoms with van der Waals surface area (Å²) in [4.78, 5) is 0. The van der Waals surface area contributed by atoms with E-state index in [1.165, 1.54) is 5.56 Å². The predicted octanol–water partition coefficient (Wildman–Crippen LogP) is 4.15. The minimum atomic E-state index is 0. The van der Waals surface area contributed by atoms with Gasteiger partial charge in [-0.25, -0.2) is 0 Å². The van der Waals surface area contributed by atoms with Gasteiger partial charge in [-0.3, -0.25) is 0 Å². The highest BCUT2D eigenvalue weighted by Gasteiger charge is 1.79. The highest BCUT2D eigenvalue weighted by atomic mass is 16.5. The molecule has 0 saturated carbocycles. The number of rotatable bonds is 3. The van der Waals surface area contributed by atoms with E-state index in [1.54, 1.807) is 0 Å². The maximum atomic E-state index is 4.83. The molecule has 2 rings (SSSR count). The molecule has 112 valence electrons. The van der Waals surface area contributed by atoms with Crippen molar-refractivity contribution >= 4 is 0 Å². The van der Waals surface area contributed by atoms with Gasteiger partial charge in [0, 0.05) is 13.2 Å². The Bertz CT molecular complexity index is 331. The van der Waals surface area contributed by atoms with Gasteiger partial charge in [-0.2, -0.15) is 0 Å². The Morgan fingerprint density at radius 2 is 1.00 bits per heavy atom. The molecule has 2 nitrogen and oxygen atoms in total. The smallest absolute Gasteiger partial charge is 0.0437 e. The Hall–Kier alpha value is -1.64. The fraction of sp³-hybridized carbons (Fsp3) is 0.333. The molecule has 2 aromatic rings. The van der Waals surface area contributed by atoms with E-state index in [4.69, 9.17) is 4.74 Å². The summed E-state index contributed by atoms with van der Waals surface area (Å²) in [5.41, 5.74) is 1.41. The van der Waals surface area contributed by atoms with Crippen molar-refractivity contribution in [3.05, 3.63) is 72.3 Å². The Kier molecular flexibility index (Phi) is 17.9. The van der Waals surface area contributed by atoms with Crippen molar-refractivity contribution < 1.29 is 10.2 Å². The Morgan fingerprint density at radius 3 is 1.20 bits per heavy atom. The minimum Gasteiger partial charge on any atom is -0.412 e. The molecule has 2 N–H and O–H groups in total. The molecular weight excluding hydrogens is 248 g/mol. The summed E-state index contributed by atoms with van der Waals surface area (Å²) in [5.74, 6) is 0. The van der Waals surface area contributed by atoms with Crippen LogP contribution in [0.15, 0.2) is 66.7 Å². The summed E-state index contributed by atoms with van der Waals surface area (Å²) in [6, 6.07) is 22.5. The van der Waals surface area contributed by atoms with Gasteiger partial charge >= 0.3 is 0 Å². The first-order valence-corrected chi connectivity index (χ1v) is 6.96. The van der Waals surface area contributed by atoms with Crippen LogP contribution in [0, 0.1) is 0 Å². The van der Waals surface area contributed by atoms with Crippen LogP contribution in [0.2, 0.25) is 0 Å². The van der Waals surface area contributed by atoms with Crippen molar-refractivity contribution in [1.29, 1.82) is 0 Å². The van der Waals surface area contributed by atoms with Gasteiger partial charge < -0.3 is 10.2 Å². The van der Waals surface area contributed by atoms with Gasteiger partial charge in [-0.05, 0) is 25.8 Å². The van der Waals surface area contributed by atoms with E-state index in [0.717, 1.165) is 19.6 Å². The molecule has 0 spiro atoms. The zero-order chi connectivity index (χ0) is 14.2. The van der Waals surface area contributed by atoms with Gasteiger partial charge in [0.2, 0.25) is 0 Å². The van der Waals surface area contributed by atoms with Crippen LogP contribution >= 0.6 is 0 Å². The normalized spacial score (nSPS) is 8.15. The maximum absolute atomic E-state index is 4.83. The molecule has 20 heavy (non-hydrogen) atoms. The quantitative estimate of drug-likeness (QED) is 0.830. The lowest BCUT2D eigenvalue weighted by Crippen LogP contribution is -1.84. The van der Waals surface area contributed by atoms with Crippen LogP contribution in [0.1, 0.15) is 26.3 Å². The monoisotopic (exact) mass is 276 g/mol. The first-order chi connectivity index (χ1) is 9.35. The molecule has 0 radical (unpaired) electrons. The molecule has 0 saturated heterocycles. The highest BCUT2D eigenvalue weighted by Crippen LogP contribution is 1.96. The van der Waals surface area contributed by atoms with E-state index in [-0.39, 0.29) is 5.48 Å². The molecule has 2 aromatic carbocycles. The predicted molar refractivity (Wildman–Crippen MR) is 88.0 cm³/mol. The second kappa shape index (κ2) is 17.4. The summed E-state index contributed by atoms with van der Waals surface area (Å²) in [6.45, 7) is 7.83. The Labute approximate surface area is 123 Å². The summed E-state index contributed by atoms with van der Waals surface area (Å²) in [6.07, 6.45) is 1.14. The van der Waals surface area contributed by atoms with Crippen molar-refractivity contribution in [1.82, 2.24) is 0 Å². The fourth-order valence-electron chi connectivity index (χ4n) is 1.30. The maximum Gasteiger partial charge on any atom is 0.0437 e. The Balaban J connectivity index is 0. The Morgan fingerprint density at radius 1 is 0.650 bits per heavy atom. The number of ether oxygens (including phenoxy) is 1. The second-order valence-corrected chi connectivity index (χ2v) is 3.78. The van der Waals surface area contributed by atoms with E-state index in [1.807, 2.05) is 56.3 Å². The van der Waals surface area contributed by atoms with E-state index >= 15 is 0 Å². The van der Waals surface area contributed by atoms with Gasteiger partial charge in [0.25, 0.3) is 0 Å². The van der Waals surface area contributed by atoms with Crippen LogP contribution < -0.4 is 0 Å². The number of benzene rings is 2. The van der Waals surface area contributed by atoms with E-state index in [9.17, 15) is 0 Å². The third-order valence-electron chi connectivity index (χ3n) is 2.33. The first-order valence-electron chi connectivity index (χ1n) is 6.96. The van der Waals surface area contributed by atoms with Gasteiger partial charge in [0.15, 0.2) is 0 Å². The minimum absolute atomic E-state index is 0. The molecule has 0 aromatic heterocycles. The highest BCUT2D eigenvalue weighted by molar-refractivity contribution is 5.13. The topological polar surface area (TPSA) is 40.7 Å².